The fraction of sp³-hybridized carbons (Fsp3) is 0.522. The molecule has 0 radical (unpaired) electrons. The van der Waals surface area contributed by atoms with Crippen LogP contribution in [0, 0.1) is 17.8 Å². The Labute approximate surface area is 171 Å². The Morgan fingerprint density at radius 2 is 1.66 bits per heavy atom. The van der Waals surface area contributed by atoms with Crippen LogP contribution in [0.4, 0.5) is 13.2 Å². The molecular formula is C23H30F3NO2. The predicted molar refractivity (Wildman–Crippen MR) is 109 cm³/mol. The molecule has 1 aliphatic carbocycles. The minimum atomic E-state index is -4.21. The molecule has 0 amide bonds. The molecule has 2 aliphatic rings. The fourth-order valence-corrected chi connectivity index (χ4v) is 2.94. The van der Waals surface area contributed by atoms with Gasteiger partial charge in [0.1, 0.15) is 0 Å². The molecule has 1 heterocycles. The minimum Gasteiger partial charge on any atom is -0.481 e. The van der Waals surface area contributed by atoms with Crippen LogP contribution in [0.25, 0.3) is 0 Å². The van der Waals surface area contributed by atoms with Crippen molar-refractivity contribution in [2.45, 2.75) is 58.2 Å². The van der Waals surface area contributed by atoms with E-state index < -0.39 is 17.7 Å². The summed E-state index contributed by atoms with van der Waals surface area (Å²) in [5.41, 5.74) is 0.396. The lowest BCUT2D eigenvalue weighted by atomic mass is 10.1. The Balaban J connectivity index is 0.000000259. The molecule has 3 rings (SSSR count). The molecule has 1 unspecified atom stereocenters. The van der Waals surface area contributed by atoms with Gasteiger partial charge in [-0.25, -0.2) is 0 Å². The van der Waals surface area contributed by atoms with Crippen molar-refractivity contribution in [3.05, 3.63) is 48.0 Å². The van der Waals surface area contributed by atoms with Gasteiger partial charge < -0.3 is 5.11 Å². The Bertz CT molecular complexity index is 690. The van der Waals surface area contributed by atoms with Crippen molar-refractivity contribution in [2.24, 2.45) is 5.92 Å². The summed E-state index contributed by atoms with van der Waals surface area (Å²) < 4.78 is 35.4. The fourth-order valence-electron chi connectivity index (χ4n) is 2.94. The number of aliphatic carboxylic acids is 1. The number of carboxylic acid groups (broad SMARTS) is 1. The van der Waals surface area contributed by atoms with Gasteiger partial charge in [-0.05, 0) is 57.2 Å². The third kappa shape index (κ3) is 11.4. The summed E-state index contributed by atoms with van der Waals surface area (Å²) in [6.45, 7) is 9.45. The lowest BCUT2D eigenvalue weighted by molar-refractivity contribution is -0.137. The molecular weight excluding hydrogens is 379 g/mol. The molecule has 1 N–H and O–H groups in total. The van der Waals surface area contributed by atoms with E-state index in [0.717, 1.165) is 30.5 Å². The zero-order chi connectivity index (χ0) is 21.9. The van der Waals surface area contributed by atoms with Crippen LogP contribution in [0.1, 0.15) is 51.5 Å². The molecule has 29 heavy (non-hydrogen) atoms. The van der Waals surface area contributed by atoms with Gasteiger partial charge in [0.25, 0.3) is 5.97 Å². The first-order chi connectivity index (χ1) is 13.6. The van der Waals surface area contributed by atoms with Crippen molar-refractivity contribution in [1.29, 1.82) is 0 Å². The average Bonchev–Trinajstić information content (AvgIpc) is 3.48. The van der Waals surface area contributed by atoms with Crippen LogP contribution in [0.3, 0.4) is 0 Å². The first-order valence-corrected chi connectivity index (χ1v) is 9.84. The molecule has 1 atom stereocenters. The van der Waals surface area contributed by atoms with Gasteiger partial charge in [0.15, 0.2) is 0 Å². The normalized spacial score (nSPS) is 17.3. The van der Waals surface area contributed by atoms with Gasteiger partial charge in [0.05, 0.1) is 11.6 Å². The summed E-state index contributed by atoms with van der Waals surface area (Å²) in [5, 5.41) is 7.42. The highest BCUT2D eigenvalue weighted by Gasteiger charge is 2.34. The SMILES string of the molecule is C=C(C)C#CC(C1CC1)N1CCCCC1.CC(=O)O.FC(F)(F)c1ccccc1. The monoisotopic (exact) mass is 409 g/mol. The number of benzene rings is 1. The number of carbonyl (C=O) groups is 1. The Kier molecular flexibility index (Phi) is 10.5. The highest BCUT2D eigenvalue weighted by molar-refractivity contribution is 5.62. The maximum absolute atomic E-state index is 11.8. The van der Waals surface area contributed by atoms with Gasteiger partial charge >= 0.3 is 6.18 Å². The molecule has 1 aliphatic heterocycles. The van der Waals surface area contributed by atoms with E-state index in [0.29, 0.717) is 6.04 Å². The summed E-state index contributed by atoms with van der Waals surface area (Å²) in [7, 11) is 0. The number of nitrogens with zero attached hydrogens (tertiary/aromatic N) is 1. The maximum atomic E-state index is 11.8. The van der Waals surface area contributed by atoms with E-state index in [9.17, 15) is 13.2 Å². The van der Waals surface area contributed by atoms with Gasteiger partial charge in [0.2, 0.25) is 0 Å². The Morgan fingerprint density at radius 3 is 2.03 bits per heavy atom. The van der Waals surface area contributed by atoms with Crippen molar-refractivity contribution in [2.75, 3.05) is 13.1 Å². The number of hydrogen-bond donors (Lipinski definition) is 1. The second-order valence-corrected chi connectivity index (χ2v) is 7.31. The first-order valence-electron chi connectivity index (χ1n) is 9.84. The number of likely N-dealkylation sites (tertiary alicyclic amines) is 1. The summed E-state index contributed by atoms with van der Waals surface area (Å²) in [5.74, 6) is 6.63. The lowest BCUT2D eigenvalue weighted by Gasteiger charge is -2.31. The summed E-state index contributed by atoms with van der Waals surface area (Å²) in [4.78, 5) is 11.6. The molecule has 160 valence electrons. The van der Waals surface area contributed by atoms with Crippen LogP contribution in [0.15, 0.2) is 42.5 Å². The van der Waals surface area contributed by atoms with E-state index in [2.05, 4.69) is 23.3 Å². The molecule has 6 heteroatoms. The third-order valence-corrected chi connectivity index (χ3v) is 4.39. The van der Waals surface area contributed by atoms with Gasteiger partial charge in [-0.2, -0.15) is 13.2 Å². The van der Waals surface area contributed by atoms with E-state index in [1.165, 1.54) is 57.3 Å². The van der Waals surface area contributed by atoms with E-state index in [-0.39, 0.29) is 0 Å². The number of piperidine rings is 1. The number of alkyl halides is 3. The van der Waals surface area contributed by atoms with Crippen LogP contribution in [-0.2, 0) is 11.0 Å². The van der Waals surface area contributed by atoms with E-state index >= 15 is 0 Å². The number of halogens is 3. The maximum Gasteiger partial charge on any atom is 0.416 e. The summed E-state index contributed by atoms with van der Waals surface area (Å²) in [6.07, 6.45) is 2.68. The standard InChI is InChI=1S/C14H21N.C7H5F3.C2H4O2/c1-12(2)6-9-14(13-7-8-13)15-10-4-3-5-11-15;8-7(9,10)6-4-2-1-3-5-6;1-2(3)4/h13-14H,1,3-5,7-8,10-11H2,2H3;1-5H;1H3,(H,3,4). The van der Waals surface area contributed by atoms with Crippen molar-refractivity contribution in [1.82, 2.24) is 4.90 Å². The van der Waals surface area contributed by atoms with E-state index in [4.69, 9.17) is 9.90 Å². The second kappa shape index (κ2) is 12.3. The largest absolute Gasteiger partial charge is 0.481 e. The minimum absolute atomic E-state index is 0.530. The van der Waals surface area contributed by atoms with E-state index in [1.54, 1.807) is 6.07 Å². The third-order valence-electron chi connectivity index (χ3n) is 4.39. The van der Waals surface area contributed by atoms with E-state index in [1.807, 2.05) is 6.92 Å². The second-order valence-electron chi connectivity index (χ2n) is 7.31. The van der Waals surface area contributed by atoms with Gasteiger partial charge in [-0.3, -0.25) is 9.69 Å². The van der Waals surface area contributed by atoms with Gasteiger partial charge in [-0.1, -0.05) is 55.2 Å². The van der Waals surface area contributed by atoms with Crippen molar-refractivity contribution < 1.29 is 23.1 Å². The molecule has 1 aromatic carbocycles. The van der Waals surface area contributed by atoms with Crippen LogP contribution in [0.2, 0.25) is 0 Å². The highest BCUT2D eigenvalue weighted by atomic mass is 19.4. The Hall–Kier alpha value is -2.26. The topological polar surface area (TPSA) is 40.5 Å². The predicted octanol–water partition coefficient (Wildman–Crippen LogP) is 5.63. The van der Waals surface area contributed by atoms with Crippen LogP contribution in [0.5, 0.6) is 0 Å². The number of allylic oxidation sites excluding steroid dienone is 1. The quantitative estimate of drug-likeness (QED) is 0.644. The summed E-state index contributed by atoms with van der Waals surface area (Å²) >= 11 is 0. The number of carboxylic acids is 1. The number of hydrogen-bond acceptors (Lipinski definition) is 2. The Morgan fingerprint density at radius 1 is 1.14 bits per heavy atom. The lowest BCUT2D eigenvalue weighted by Crippen LogP contribution is -2.39. The van der Waals surface area contributed by atoms with Crippen molar-refractivity contribution in [3.8, 4) is 11.8 Å². The molecule has 3 nitrogen and oxygen atoms in total. The first kappa shape index (κ1) is 24.8. The molecule has 1 saturated heterocycles. The smallest absolute Gasteiger partial charge is 0.416 e. The zero-order valence-electron chi connectivity index (χ0n) is 17.1. The molecule has 0 spiro atoms. The van der Waals surface area contributed by atoms with Crippen molar-refractivity contribution >= 4 is 5.97 Å². The molecule has 2 fully saturated rings. The number of rotatable bonds is 2. The summed E-state index contributed by atoms with van der Waals surface area (Å²) in [6, 6.07) is 6.89. The van der Waals surface area contributed by atoms with Crippen LogP contribution < -0.4 is 0 Å². The average molecular weight is 409 g/mol. The molecule has 1 saturated carbocycles. The molecule has 0 aromatic heterocycles. The van der Waals surface area contributed by atoms with Gasteiger partial charge in [0, 0.05) is 6.92 Å². The van der Waals surface area contributed by atoms with Gasteiger partial charge in [-0.15, -0.1) is 0 Å². The van der Waals surface area contributed by atoms with Crippen molar-refractivity contribution in [3.63, 3.8) is 0 Å². The van der Waals surface area contributed by atoms with Crippen LogP contribution in [-0.4, -0.2) is 35.1 Å². The molecule has 0 bridgehead atoms. The highest BCUT2D eigenvalue weighted by Crippen LogP contribution is 2.36. The molecule has 1 aromatic rings. The zero-order valence-corrected chi connectivity index (χ0v) is 17.1. The van der Waals surface area contributed by atoms with Crippen LogP contribution >= 0.6 is 0 Å².